The van der Waals surface area contributed by atoms with Gasteiger partial charge in [0.05, 0.1) is 5.71 Å². The van der Waals surface area contributed by atoms with Gasteiger partial charge >= 0.3 is 0 Å². The van der Waals surface area contributed by atoms with Crippen LogP contribution in [0.15, 0.2) is 17.3 Å². The fraction of sp³-hybridized carbons (Fsp3) is 0.571. The van der Waals surface area contributed by atoms with E-state index in [2.05, 4.69) is 24.4 Å². The molecule has 0 aliphatic carbocycles. The lowest BCUT2D eigenvalue weighted by Crippen LogP contribution is -2.27. The van der Waals surface area contributed by atoms with Gasteiger partial charge in [0.1, 0.15) is 0 Å². The third-order valence-electron chi connectivity index (χ3n) is 1.37. The maximum absolute atomic E-state index is 8.90. The smallest absolute Gasteiger partial charge is 0.159 e. The summed E-state index contributed by atoms with van der Waals surface area (Å²) in [4.78, 5) is 0. The van der Waals surface area contributed by atoms with E-state index < -0.39 is 6.23 Å². The lowest BCUT2D eigenvalue weighted by Gasteiger charge is -2.13. The summed E-state index contributed by atoms with van der Waals surface area (Å²) < 4.78 is 0. The summed E-state index contributed by atoms with van der Waals surface area (Å²) in [5.74, 6) is 0.413. The minimum Gasteiger partial charge on any atom is -0.369 e. The summed E-state index contributed by atoms with van der Waals surface area (Å²) in [5, 5.41) is 12.8. The molecule has 0 spiro atoms. The standard InChI is InChI=1S/C7H12N2O/c1-5(2)6-3-4-7(10)9-8-6/h3-5,7,9-10H,1-2H3. The average Bonchev–Trinajstić information content (AvgIpc) is 1.88. The zero-order valence-electron chi connectivity index (χ0n) is 6.20. The molecule has 0 saturated heterocycles. The predicted octanol–water partition coefficient (Wildman–Crippen LogP) is 0.476. The Balaban J connectivity index is 2.59. The Morgan fingerprint density at radius 3 is 2.80 bits per heavy atom. The van der Waals surface area contributed by atoms with Gasteiger partial charge in [-0.05, 0) is 18.1 Å². The van der Waals surface area contributed by atoms with Crippen LogP contribution in [0.25, 0.3) is 0 Å². The van der Waals surface area contributed by atoms with Gasteiger partial charge in [0.15, 0.2) is 6.23 Å². The number of nitrogens with one attached hydrogen (secondary N) is 1. The van der Waals surface area contributed by atoms with Gasteiger partial charge in [-0.15, -0.1) is 0 Å². The van der Waals surface area contributed by atoms with Crippen molar-refractivity contribution in [1.29, 1.82) is 0 Å². The fourth-order valence-corrected chi connectivity index (χ4v) is 0.732. The molecule has 3 heteroatoms. The second-order valence-electron chi connectivity index (χ2n) is 2.62. The zero-order chi connectivity index (χ0) is 7.56. The third-order valence-corrected chi connectivity index (χ3v) is 1.37. The van der Waals surface area contributed by atoms with Crippen molar-refractivity contribution in [1.82, 2.24) is 5.43 Å². The van der Waals surface area contributed by atoms with Crippen LogP contribution in [0.1, 0.15) is 13.8 Å². The van der Waals surface area contributed by atoms with E-state index in [4.69, 9.17) is 5.11 Å². The Hall–Kier alpha value is -0.830. The lowest BCUT2D eigenvalue weighted by molar-refractivity contribution is 0.185. The Morgan fingerprint density at radius 2 is 2.40 bits per heavy atom. The molecule has 0 radical (unpaired) electrons. The van der Waals surface area contributed by atoms with Crippen LogP contribution in [-0.4, -0.2) is 17.0 Å². The van der Waals surface area contributed by atoms with Crippen molar-refractivity contribution in [2.75, 3.05) is 0 Å². The number of hydrogen-bond donors (Lipinski definition) is 2. The third kappa shape index (κ3) is 1.57. The SMILES string of the molecule is CC(C)C1=NNC(O)C=C1. The van der Waals surface area contributed by atoms with Crippen molar-refractivity contribution >= 4 is 5.71 Å². The second-order valence-corrected chi connectivity index (χ2v) is 2.62. The van der Waals surface area contributed by atoms with Crippen LogP contribution in [-0.2, 0) is 0 Å². The minimum absolute atomic E-state index is 0.413. The first kappa shape index (κ1) is 7.28. The number of hydrogen-bond acceptors (Lipinski definition) is 3. The molecule has 1 aliphatic rings. The van der Waals surface area contributed by atoms with E-state index in [1.54, 1.807) is 6.08 Å². The van der Waals surface area contributed by atoms with Crippen LogP contribution >= 0.6 is 0 Å². The van der Waals surface area contributed by atoms with Crippen LogP contribution in [0, 0.1) is 5.92 Å². The van der Waals surface area contributed by atoms with Gasteiger partial charge in [-0.1, -0.05) is 13.8 Å². The molecule has 0 bridgehead atoms. The Morgan fingerprint density at radius 1 is 1.70 bits per heavy atom. The topological polar surface area (TPSA) is 44.6 Å². The maximum atomic E-state index is 8.90. The largest absolute Gasteiger partial charge is 0.369 e. The molecule has 0 aromatic heterocycles. The van der Waals surface area contributed by atoms with Crippen molar-refractivity contribution in [3.05, 3.63) is 12.2 Å². The van der Waals surface area contributed by atoms with E-state index >= 15 is 0 Å². The van der Waals surface area contributed by atoms with Crippen molar-refractivity contribution in [3.63, 3.8) is 0 Å². The van der Waals surface area contributed by atoms with Gasteiger partial charge in [0.25, 0.3) is 0 Å². The maximum Gasteiger partial charge on any atom is 0.159 e. The molecule has 1 unspecified atom stereocenters. The normalized spacial score (nSPS) is 24.4. The molecule has 0 amide bonds. The molecule has 1 atom stereocenters. The highest BCUT2D eigenvalue weighted by atomic mass is 16.3. The molecule has 0 saturated carbocycles. The van der Waals surface area contributed by atoms with Crippen LogP contribution in [0.5, 0.6) is 0 Å². The summed E-state index contributed by atoms with van der Waals surface area (Å²) in [6, 6.07) is 0. The van der Waals surface area contributed by atoms with Crippen molar-refractivity contribution in [2.45, 2.75) is 20.1 Å². The molecule has 56 valence electrons. The minimum atomic E-state index is -0.609. The number of rotatable bonds is 1. The Bertz CT molecular complexity index is 172. The molecule has 10 heavy (non-hydrogen) atoms. The van der Waals surface area contributed by atoms with Gasteiger partial charge in [-0.25, -0.2) is 0 Å². The van der Waals surface area contributed by atoms with E-state index in [0.717, 1.165) is 5.71 Å². The first-order valence-electron chi connectivity index (χ1n) is 3.39. The predicted molar refractivity (Wildman–Crippen MR) is 40.6 cm³/mol. The monoisotopic (exact) mass is 140 g/mol. The van der Waals surface area contributed by atoms with Crippen LogP contribution in [0.4, 0.5) is 0 Å². The molecule has 1 rings (SSSR count). The van der Waals surface area contributed by atoms with Crippen molar-refractivity contribution in [3.8, 4) is 0 Å². The molecule has 1 heterocycles. The van der Waals surface area contributed by atoms with Crippen molar-refractivity contribution < 1.29 is 5.11 Å². The molecular weight excluding hydrogens is 128 g/mol. The summed E-state index contributed by atoms with van der Waals surface area (Å²) >= 11 is 0. The molecule has 0 aromatic carbocycles. The van der Waals surface area contributed by atoms with Gasteiger partial charge in [0, 0.05) is 0 Å². The first-order valence-corrected chi connectivity index (χ1v) is 3.39. The summed E-state index contributed by atoms with van der Waals surface area (Å²) in [6.07, 6.45) is 2.91. The Labute approximate surface area is 60.4 Å². The highest BCUT2D eigenvalue weighted by molar-refractivity contribution is 5.96. The van der Waals surface area contributed by atoms with Gasteiger partial charge in [-0.3, -0.25) is 5.43 Å². The van der Waals surface area contributed by atoms with Gasteiger partial charge in [-0.2, -0.15) is 5.10 Å². The lowest BCUT2D eigenvalue weighted by atomic mass is 10.1. The molecule has 0 fully saturated rings. The van der Waals surface area contributed by atoms with E-state index in [1.165, 1.54) is 0 Å². The van der Waals surface area contributed by atoms with Crippen molar-refractivity contribution in [2.24, 2.45) is 11.0 Å². The summed E-state index contributed by atoms with van der Waals surface area (Å²) in [6.45, 7) is 4.12. The fourth-order valence-electron chi connectivity index (χ4n) is 0.732. The molecule has 1 aliphatic heterocycles. The number of allylic oxidation sites excluding steroid dienone is 1. The number of aliphatic hydroxyl groups excluding tert-OH is 1. The van der Waals surface area contributed by atoms with Gasteiger partial charge < -0.3 is 5.11 Å². The molecular formula is C7H12N2O. The second kappa shape index (κ2) is 2.84. The number of hydrazone groups is 1. The summed E-state index contributed by atoms with van der Waals surface area (Å²) in [7, 11) is 0. The average molecular weight is 140 g/mol. The number of aliphatic hydroxyl groups is 1. The highest BCUT2D eigenvalue weighted by Crippen LogP contribution is 2.02. The zero-order valence-corrected chi connectivity index (χ0v) is 6.20. The molecule has 3 nitrogen and oxygen atoms in total. The Kier molecular flexibility index (Phi) is 2.06. The first-order chi connectivity index (χ1) is 4.70. The van der Waals surface area contributed by atoms with Crippen LogP contribution in [0.3, 0.4) is 0 Å². The van der Waals surface area contributed by atoms with Crippen LogP contribution < -0.4 is 5.43 Å². The van der Waals surface area contributed by atoms with E-state index in [0.29, 0.717) is 5.92 Å². The van der Waals surface area contributed by atoms with E-state index in [1.807, 2.05) is 6.08 Å². The summed E-state index contributed by atoms with van der Waals surface area (Å²) in [5.41, 5.74) is 3.55. The quantitative estimate of drug-likeness (QED) is 0.556. The van der Waals surface area contributed by atoms with Crippen LogP contribution in [0.2, 0.25) is 0 Å². The number of nitrogens with zero attached hydrogens (tertiary/aromatic N) is 1. The molecule has 0 aromatic rings. The van der Waals surface area contributed by atoms with Gasteiger partial charge in [0.2, 0.25) is 0 Å². The highest BCUT2D eigenvalue weighted by Gasteiger charge is 2.07. The molecule has 2 N–H and O–H groups in total. The van der Waals surface area contributed by atoms with E-state index in [-0.39, 0.29) is 0 Å². The van der Waals surface area contributed by atoms with E-state index in [9.17, 15) is 0 Å².